The number of benzene rings is 1. The van der Waals surface area contributed by atoms with Gasteiger partial charge in [-0.2, -0.15) is 0 Å². The molecule has 6 heteroatoms. The molecule has 2 N–H and O–H groups in total. The van der Waals surface area contributed by atoms with E-state index in [9.17, 15) is 4.39 Å². The molecule has 2 aliphatic rings. The second-order valence-corrected chi connectivity index (χ2v) is 7.62. The zero-order valence-corrected chi connectivity index (χ0v) is 16.2. The highest BCUT2D eigenvalue weighted by Crippen LogP contribution is 2.43. The molecule has 5 nitrogen and oxygen atoms in total. The number of methoxy groups -OCH3 is 1. The summed E-state index contributed by atoms with van der Waals surface area (Å²) in [5.74, 6) is 1.98. The van der Waals surface area contributed by atoms with E-state index < -0.39 is 0 Å². The van der Waals surface area contributed by atoms with Gasteiger partial charge < -0.3 is 20.1 Å². The third kappa shape index (κ3) is 3.82. The van der Waals surface area contributed by atoms with Gasteiger partial charge in [0.1, 0.15) is 0 Å². The molecule has 1 saturated heterocycles. The molecule has 146 valence electrons. The summed E-state index contributed by atoms with van der Waals surface area (Å²) in [4.78, 5) is 4.89. The van der Waals surface area contributed by atoms with Gasteiger partial charge in [-0.05, 0) is 62.7 Å². The first-order valence-corrected chi connectivity index (χ1v) is 9.59. The van der Waals surface area contributed by atoms with Crippen LogP contribution in [0.1, 0.15) is 30.0 Å². The highest BCUT2D eigenvalue weighted by molar-refractivity contribution is 5.49. The Hall–Kier alpha value is -1.37. The van der Waals surface area contributed by atoms with Gasteiger partial charge in [-0.1, -0.05) is 0 Å². The SMILES string of the molecule is COc1cc2c(cc1OCCC[18F])CCN1C[C@@H](CN)[C@H](N(C)C)C[C@H]21. The van der Waals surface area contributed by atoms with Gasteiger partial charge in [0.15, 0.2) is 11.5 Å². The Balaban J connectivity index is 1.87. The lowest BCUT2D eigenvalue weighted by Crippen LogP contribution is -2.54. The van der Waals surface area contributed by atoms with Crippen LogP contribution in [0.5, 0.6) is 11.5 Å². The van der Waals surface area contributed by atoms with Crippen molar-refractivity contribution in [1.82, 2.24) is 9.80 Å². The summed E-state index contributed by atoms with van der Waals surface area (Å²) >= 11 is 0. The molecule has 2 heterocycles. The molecule has 0 amide bonds. The Bertz CT molecular complexity index is 611. The molecule has 0 radical (unpaired) electrons. The summed E-state index contributed by atoms with van der Waals surface area (Å²) in [6.07, 6.45) is 2.48. The fourth-order valence-corrected chi connectivity index (χ4v) is 4.47. The molecular formula is C20H32FN3O2. The van der Waals surface area contributed by atoms with Crippen molar-refractivity contribution >= 4 is 0 Å². The molecule has 0 aromatic heterocycles. The van der Waals surface area contributed by atoms with Crippen molar-refractivity contribution in [2.24, 2.45) is 11.7 Å². The van der Waals surface area contributed by atoms with E-state index in [1.165, 1.54) is 11.1 Å². The summed E-state index contributed by atoms with van der Waals surface area (Å²) in [6.45, 7) is 2.83. The Morgan fingerprint density at radius 1 is 1.31 bits per heavy atom. The number of hydrogen-bond donors (Lipinski definition) is 1. The van der Waals surface area contributed by atoms with E-state index in [1.54, 1.807) is 7.11 Å². The lowest BCUT2D eigenvalue weighted by atomic mass is 9.80. The number of nitrogens with two attached hydrogens (primary N) is 1. The van der Waals surface area contributed by atoms with Gasteiger partial charge in [-0.15, -0.1) is 0 Å². The average Bonchev–Trinajstić information content (AvgIpc) is 2.66. The van der Waals surface area contributed by atoms with Gasteiger partial charge in [0.2, 0.25) is 0 Å². The van der Waals surface area contributed by atoms with Crippen LogP contribution in [-0.4, -0.2) is 70.0 Å². The zero-order chi connectivity index (χ0) is 18.7. The minimum atomic E-state index is -0.363. The van der Waals surface area contributed by atoms with Gasteiger partial charge in [-0.3, -0.25) is 9.29 Å². The molecule has 1 aromatic rings. The molecule has 0 aliphatic carbocycles. The first-order chi connectivity index (χ1) is 12.6. The Kier molecular flexibility index (Phi) is 6.37. The molecule has 0 unspecified atom stereocenters. The molecule has 3 atom stereocenters. The smallest absolute Gasteiger partial charge is 0.161 e. The van der Waals surface area contributed by atoms with Crippen molar-refractivity contribution in [3.05, 3.63) is 23.3 Å². The third-order valence-electron chi connectivity index (χ3n) is 5.87. The van der Waals surface area contributed by atoms with Crippen molar-refractivity contribution in [2.45, 2.75) is 31.3 Å². The Morgan fingerprint density at radius 3 is 2.77 bits per heavy atom. The molecular weight excluding hydrogens is 332 g/mol. The molecule has 2 aliphatic heterocycles. The van der Waals surface area contributed by atoms with Gasteiger partial charge in [0, 0.05) is 31.6 Å². The average molecular weight is 364 g/mol. The largest absolute Gasteiger partial charge is 0.493 e. The van der Waals surface area contributed by atoms with Crippen molar-refractivity contribution in [3.8, 4) is 11.5 Å². The quantitative estimate of drug-likeness (QED) is 0.752. The molecule has 1 aromatic carbocycles. The summed E-state index contributed by atoms with van der Waals surface area (Å²) in [5.41, 5.74) is 8.72. The lowest BCUT2D eigenvalue weighted by molar-refractivity contribution is 0.0367. The summed E-state index contributed by atoms with van der Waals surface area (Å²) in [5, 5.41) is 0. The second kappa shape index (κ2) is 8.55. The third-order valence-corrected chi connectivity index (χ3v) is 5.87. The van der Waals surface area contributed by atoms with Gasteiger partial charge in [-0.25, -0.2) is 0 Å². The van der Waals surface area contributed by atoms with Gasteiger partial charge in [0.25, 0.3) is 0 Å². The number of halogens is 1. The molecule has 1 fully saturated rings. The maximum Gasteiger partial charge on any atom is 0.161 e. The Morgan fingerprint density at radius 2 is 2.12 bits per heavy atom. The first-order valence-electron chi connectivity index (χ1n) is 9.59. The summed E-state index contributed by atoms with van der Waals surface area (Å²) < 4.78 is 23.7. The topological polar surface area (TPSA) is 51.0 Å². The molecule has 3 rings (SSSR count). The molecule has 0 spiro atoms. The van der Waals surface area contributed by atoms with Gasteiger partial charge >= 0.3 is 0 Å². The molecule has 0 saturated carbocycles. The number of alkyl halides is 1. The van der Waals surface area contributed by atoms with Crippen molar-refractivity contribution < 1.29 is 13.9 Å². The highest BCUT2D eigenvalue weighted by atomic mass is 18.2. The standard InChI is InChI=1S/C20H32FN3O2/c1-23(2)17-11-18-16-10-19(25-3)20(26-8-4-6-21)9-14(16)5-7-24(18)13-15(17)12-22/h9-10,15,17-18H,4-8,11-13,22H2,1-3H3/t15-,17-,18-/m1/s1/i21-1. The van der Waals surface area contributed by atoms with Crippen LogP contribution < -0.4 is 15.2 Å². The zero-order valence-electron chi connectivity index (χ0n) is 16.2. The number of rotatable bonds is 7. The fraction of sp³-hybridized carbons (Fsp3) is 0.700. The van der Waals surface area contributed by atoms with Gasteiger partial charge in [0.05, 0.1) is 20.4 Å². The minimum Gasteiger partial charge on any atom is -0.493 e. The van der Waals surface area contributed by atoms with E-state index in [4.69, 9.17) is 15.2 Å². The normalized spacial score (nSPS) is 25.7. The van der Waals surface area contributed by atoms with Crippen LogP contribution in [0.25, 0.3) is 0 Å². The maximum atomic E-state index is 12.4. The number of ether oxygens (including phenoxy) is 2. The number of nitrogens with zero attached hydrogens (tertiary/aromatic N) is 2. The van der Waals surface area contributed by atoms with Crippen LogP contribution in [0.3, 0.4) is 0 Å². The number of hydrogen-bond acceptors (Lipinski definition) is 5. The van der Waals surface area contributed by atoms with Crippen LogP contribution >= 0.6 is 0 Å². The van der Waals surface area contributed by atoms with Crippen LogP contribution in [0, 0.1) is 5.92 Å². The minimum absolute atomic E-state index is 0.363. The van der Waals surface area contributed by atoms with E-state index in [0.29, 0.717) is 31.0 Å². The van der Waals surface area contributed by atoms with Crippen molar-refractivity contribution in [3.63, 3.8) is 0 Å². The first kappa shape index (κ1) is 19.4. The number of piperidine rings is 1. The van der Waals surface area contributed by atoms with Crippen LogP contribution in [0.4, 0.5) is 4.39 Å². The monoisotopic (exact) mass is 364 g/mol. The predicted octanol–water partition coefficient (Wildman–Crippen LogP) is 2.24. The van der Waals surface area contributed by atoms with Crippen molar-refractivity contribution in [1.29, 1.82) is 0 Å². The highest BCUT2D eigenvalue weighted by Gasteiger charge is 2.39. The second-order valence-electron chi connectivity index (χ2n) is 7.62. The van der Waals surface area contributed by atoms with Crippen LogP contribution in [0.2, 0.25) is 0 Å². The van der Waals surface area contributed by atoms with Crippen LogP contribution in [-0.2, 0) is 6.42 Å². The molecule has 0 bridgehead atoms. The summed E-state index contributed by atoms with van der Waals surface area (Å²) in [6, 6.07) is 5.11. The van der Waals surface area contributed by atoms with Crippen LogP contribution in [0.15, 0.2) is 12.1 Å². The Labute approximate surface area is 156 Å². The van der Waals surface area contributed by atoms with Crippen molar-refractivity contribution in [2.75, 3.05) is 54.1 Å². The van der Waals surface area contributed by atoms with E-state index >= 15 is 0 Å². The van der Waals surface area contributed by atoms with E-state index in [2.05, 4.69) is 36.0 Å². The maximum absolute atomic E-state index is 12.4. The lowest BCUT2D eigenvalue weighted by Gasteiger charge is -2.48. The molecule has 26 heavy (non-hydrogen) atoms. The van der Waals surface area contributed by atoms with E-state index in [0.717, 1.165) is 44.0 Å². The predicted molar refractivity (Wildman–Crippen MR) is 102 cm³/mol. The van der Waals surface area contributed by atoms with E-state index in [-0.39, 0.29) is 6.67 Å². The fourth-order valence-electron chi connectivity index (χ4n) is 4.47. The van der Waals surface area contributed by atoms with E-state index in [1.807, 2.05) is 0 Å². The number of fused-ring (bicyclic) bond motifs is 3. The summed E-state index contributed by atoms with van der Waals surface area (Å²) in [7, 11) is 5.96.